The Morgan fingerprint density at radius 1 is 1.37 bits per heavy atom. The summed E-state index contributed by atoms with van der Waals surface area (Å²) in [6, 6.07) is 4.18. The second-order valence-electron chi connectivity index (χ2n) is 5.02. The third-order valence-electron chi connectivity index (χ3n) is 3.30. The molecule has 1 fully saturated rings. The zero-order valence-corrected chi connectivity index (χ0v) is 12.4. The van der Waals surface area contributed by atoms with Gasteiger partial charge in [-0.3, -0.25) is 4.90 Å². The third-order valence-corrected chi connectivity index (χ3v) is 5.23. The monoisotopic (exact) mass is 294 g/mol. The Kier molecular flexibility index (Phi) is 4.28. The van der Waals surface area contributed by atoms with Gasteiger partial charge < -0.3 is 5.11 Å². The normalized spacial score (nSPS) is 15.3. The number of aliphatic hydroxyl groups is 1. The first-order valence-corrected chi connectivity index (χ1v) is 8.42. The van der Waals surface area contributed by atoms with Gasteiger partial charge in [-0.1, -0.05) is 6.07 Å². The highest BCUT2D eigenvalue weighted by Gasteiger charge is 2.24. The van der Waals surface area contributed by atoms with Crippen LogP contribution in [0.4, 0.5) is 0 Å². The van der Waals surface area contributed by atoms with Gasteiger partial charge in [0.25, 0.3) is 0 Å². The summed E-state index contributed by atoms with van der Waals surface area (Å²) in [5.74, 6) is 0.849. The first-order valence-electron chi connectivity index (χ1n) is 6.66. The Balaban J connectivity index is 1.64. The van der Waals surface area contributed by atoms with E-state index in [1.54, 1.807) is 22.7 Å². The molecule has 3 nitrogen and oxygen atoms in total. The molecule has 0 bridgehead atoms. The van der Waals surface area contributed by atoms with Gasteiger partial charge in [0.05, 0.1) is 17.2 Å². The number of aliphatic hydroxyl groups excluding tert-OH is 1. The molecule has 0 saturated heterocycles. The second-order valence-corrected chi connectivity index (χ2v) is 6.83. The van der Waals surface area contributed by atoms with Crippen molar-refractivity contribution in [1.82, 2.24) is 9.88 Å². The van der Waals surface area contributed by atoms with Crippen molar-refractivity contribution >= 4 is 22.7 Å². The Hall–Kier alpha value is -0.750. The Labute approximate surface area is 121 Å². The second kappa shape index (κ2) is 6.13. The van der Waals surface area contributed by atoms with Crippen molar-refractivity contribution in [3.8, 4) is 9.88 Å². The summed E-state index contributed by atoms with van der Waals surface area (Å²) in [4.78, 5) is 8.28. The van der Waals surface area contributed by atoms with E-state index in [0.717, 1.165) is 36.3 Å². The van der Waals surface area contributed by atoms with Gasteiger partial charge in [0, 0.05) is 25.0 Å². The number of hydrogen-bond acceptors (Lipinski definition) is 5. The molecule has 2 aromatic heterocycles. The van der Waals surface area contributed by atoms with Crippen LogP contribution in [0.15, 0.2) is 22.9 Å². The number of thiophene rings is 1. The van der Waals surface area contributed by atoms with Crippen molar-refractivity contribution in [2.24, 2.45) is 5.92 Å². The smallest absolute Gasteiger partial charge is 0.133 e. The van der Waals surface area contributed by atoms with Crippen LogP contribution in [0.2, 0.25) is 0 Å². The van der Waals surface area contributed by atoms with Crippen LogP contribution >= 0.6 is 22.7 Å². The molecule has 5 heteroatoms. The molecular weight excluding hydrogens is 276 g/mol. The van der Waals surface area contributed by atoms with E-state index in [4.69, 9.17) is 10.1 Å². The van der Waals surface area contributed by atoms with Crippen molar-refractivity contribution in [3.05, 3.63) is 28.6 Å². The fraction of sp³-hybridized carbons (Fsp3) is 0.500. The van der Waals surface area contributed by atoms with E-state index in [1.165, 1.54) is 17.7 Å². The molecule has 1 N–H and O–H groups in total. The lowest BCUT2D eigenvalue weighted by atomic mass is 10.3. The van der Waals surface area contributed by atoms with Crippen LogP contribution in [-0.2, 0) is 6.54 Å². The highest BCUT2D eigenvalue weighted by molar-refractivity contribution is 7.20. The molecule has 3 rings (SSSR count). The van der Waals surface area contributed by atoms with Crippen molar-refractivity contribution in [1.29, 1.82) is 0 Å². The third kappa shape index (κ3) is 3.63. The highest BCUT2D eigenvalue weighted by atomic mass is 32.1. The molecule has 0 atom stereocenters. The van der Waals surface area contributed by atoms with E-state index < -0.39 is 0 Å². The van der Waals surface area contributed by atoms with Gasteiger partial charge in [-0.15, -0.1) is 22.7 Å². The van der Waals surface area contributed by atoms with E-state index in [0.29, 0.717) is 0 Å². The SMILES string of the molecule is OCCN(Cc1csc(-c2cccs2)n1)CC1CC1. The minimum absolute atomic E-state index is 0.231. The summed E-state index contributed by atoms with van der Waals surface area (Å²) in [6.45, 7) is 2.95. The molecule has 1 saturated carbocycles. The molecule has 0 aliphatic heterocycles. The molecule has 19 heavy (non-hydrogen) atoms. The first-order chi connectivity index (χ1) is 9.35. The van der Waals surface area contributed by atoms with Crippen LogP contribution in [0, 0.1) is 5.92 Å². The van der Waals surface area contributed by atoms with Gasteiger partial charge in [0.15, 0.2) is 0 Å². The predicted molar refractivity (Wildman–Crippen MR) is 80.5 cm³/mol. The Morgan fingerprint density at radius 2 is 2.26 bits per heavy atom. The highest BCUT2D eigenvalue weighted by Crippen LogP contribution is 2.31. The predicted octanol–water partition coefficient (Wildman–Crippen LogP) is 3.08. The van der Waals surface area contributed by atoms with E-state index in [2.05, 4.69) is 27.8 Å². The zero-order valence-electron chi connectivity index (χ0n) is 10.8. The fourth-order valence-electron chi connectivity index (χ4n) is 2.16. The van der Waals surface area contributed by atoms with Crippen LogP contribution in [0.1, 0.15) is 18.5 Å². The van der Waals surface area contributed by atoms with Crippen molar-refractivity contribution in [2.75, 3.05) is 19.7 Å². The standard InChI is InChI=1S/C14H18N2OS2/c17-6-5-16(8-11-3-4-11)9-12-10-19-14(15-12)13-2-1-7-18-13/h1-2,7,10-11,17H,3-6,8-9H2. The largest absolute Gasteiger partial charge is 0.395 e. The minimum atomic E-state index is 0.231. The topological polar surface area (TPSA) is 36.4 Å². The van der Waals surface area contributed by atoms with Crippen molar-refractivity contribution in [2.45, 2.75) is 19.4 Å². The first kappa shape index (κ1) is 13.2. The van der Waals surface area contributed by atoms with E-state index in [9.17, 15) is 0 Å². The molecule has 0 unspecified atom stereocenters. The van der Waals surface area contributed by atoms with E-state index >= 15 is 0 Å². The van der Waals surface area contributed by atoms with Crippen LogP contribution in [0.5, 0.6) is 0 Å². The van der Waals surface area contributed by atoms with Gasteiger partial charge in [-0.05, 0) is 30.2 Å². The lowest BCUT2D eigenvalue weighted by Gasteiger charge is -2.19. The van der Waals surface area contributed by atoms with Crippen molar-refractivity contribution in [3.63, 3.8) is 0 Å². The molecule has 1 aliphatic rings. The minimum Gasteiger partial charge on any atom is -0.395 e. The maximum absolute atomic E-state index is 9.15. The number of hydrogen-bond donors (Lipinski definition) is 1. The maximum Gasteiger partial charge on any atom is 0.133 e. The van der Waals surface area contributed by atoms with E-state index in [-0.39, 0.29) is 6.61 Å². The Morgan fingerprint density at radius 3 is 2.95 bits per heavy atom. The van der Waals surface area contributed by atoms with Crippen LogP contribution in [0.3, 0.4) is 0 Å². The van der Waals surface area contributed by atoms with Crippen LogP contribution < -0.4 is 0 Å². The summed E-state index contributed by atoms with van der Waals surface area (Å²) in [5.41, 5.74) is 1.13. The molecule has 102 valence electrons. The number of thiazole rings is 1. The van der Waals surface area contributed by atoms with Gasteiger partial charge >= 0.3 is 0 Å². The summed E-state index contributed by atoms with van der Waals surface area (Å²) in [5, 5.41) is 14.5. The van der Waals surface area contributed by atoms with Crippen LogP contribution in [0.25, 0.3) is 9.88 Å². The van der Waals surface area contributed by atoms with Gasteiger partial charge in [-0.2, -0.15) is 0 Å². The van der Waals surface area contributed by atoms with Crippen molar-refractivity contribution < 1.29 is 5.11 Å². The zero-order chi connectivity index (χ0) is 13.1. The Bertz CT molecular complexity index is 505. The number of rotatable bonds is 7. The fourth-order valence-corrected chi connectivity index (χ4v) is 3.79. The molecular formula is C14H18N2OS2. The van der Waals surface area contributed by atoms with Gasteiger partial charge in [-0.25, -0.2) is 4.98 Å². The number of aromatic nitrogens is 1. The lowest BCUT2D eigenvalue weighted by molar-refractivity contribution is 0.183. The maximum atomic E-state index is 9.15. The molecule has 2 aromatic rings. The molecule has 1 aliphatic carbocycles. The quantitative estimate of drug-likeness (QED) is 0.852. The van der Waals surface area contributed by atoms with E-state index in [1.807, 2.05) is 0 Å². The van der Waals surface area contributed by atoms with Crippen LogP contribution in [-0.4, -0.2) is 34.7 Å². The molecule has 0 spiro atoms. The molecule has 2 heterocycles. The van der Waals surface area contributed by atoms with Gasteiger partial charge in [0.1, 0.15) is 5.01 Å². The summed E-state index contributed by atoms with van der Waals surface area (Å²) < 4.78 is 0. The molecule has 0 amide bonds. The summed E-state index contributed by atoms with van der Waals surface area (Å²) >= 11 is 3.45. The number of nitrogens with zero attached hydrogens (tertiary/aromatic N) is 2. The summed E-state index contributed by atoms with van der Waals surface area (Å²) in [7, 11) is 0. The average Bonchev–Trinajstić information content (AvgIpc) is 2.91. The van der Waals surface area contributed by atoms with Gasteiger partial charge in [0.2, 0.25) is 0 Å². The average molecular weight is 294 g/mol. The lowest BCUT2D eigenvalue weighted by Crippen LogP contribution is -2.28. The molecule has 0 radical (unpaired) electrons. The summed E-state index contributed by atoms with van der Waals surface area (Å²) in [6.07, 6.45) is 2.69. The molecule has 0 aromatic carbocycles.